The molecule has 0 saturated heterocycles. The van der Waals surface area contributed by atoms with Crippen molar-refractivity contribution in [1.82, 2.24) is 4.98 Å². The van der Waals surface area contributed by atoms with Crippen molar-refractivity contribution < 1.29 is 9.63 Å². The molecular weight excluding hydrogens is 391 g/mol. The van der Waals surface area contributed by atoms with E-state index in [9.17, 15) is 4.79 Å². The van der Waals surface area contributed by atoms with Gasteiger partial charge >= 0.3 is 5.97 Å². The molecule has 0 aliphatic carbocycles. The lowest BCUT2D eigenvalue weighted by atomic mass is 10.2. The highest BCUT2D eigenvalue weighted by Gasteiger charge is 2.13. The Labute approximate surface area is 165 Å². The van der Waals surface area contributed by atoms with E-state index in [0.29, 0.717) is 21.3 Å². The number of oxime groups is 1. The monoisotopic (exact) mass is 404 g/mol. The lowest BCUT2D eigenvalue weighted by molar-refractivity contribution is 0.0516. The van der Waals surface area contributed by atoms with Crippen molar-refractivity contribution in [1.29, 1.82) is 0 Å². The maximum absolute atomic E-state index is 12.0. The summed E-state index contributed by atoms with van der Waals surface area (Å²) in [5.41, 5.74) is 2.76. The molecule has 7 heteroatoms. The summed E-state index contributed by atoms with van der Waals surface area (Å²) in [4.78, 5) is 22.5. The molecule has 3 aromatic rings. The minimum atomic E-state index is -0.541. The van der Waals surface area contributed by atoms with Gasteiger partial charge in [-0.15, -0.1) is 11.3 Å². The maximum atomic E-state index is 12.0. The summed E-state index contributed by atoms with van der Waals surface area (Å²) < 4.78 is 0. The van der Waals surface area contributed by atoms with E-state index in [0.717, 1.165) is 21.1 Å². The van der Waals surface area contributed by atoms with E-state index < -0.39 is 5.97 Å². The van der Waals surface area contributed by atoms with E-state index in [-0.39, 0.29) is 0 Å². The summed E-state index contributed by atoms with van der Waals surface area (Å²) in [6.07, 6.45) is 0. The topological polar surface area (TPSA) is 51.5 Å². The van der Waals surface area contributed by atoms with E-state index in [4.69, 9.17) is 28.0 Å². The number of thiazole rings is 1. The highest BCUT2D eigenvalue weighted by molar-refractivity contribution is 7.17. The van der Waals surface area contributed by atoms with Gasteiger partial charge in [0.25, 0.3) is 0 Å². The summed E-state index contributed by atoms with van der Waals surface area (Å²) in [7, 11) is 0. The Morgan fingerprint density at radius 2 is 1.62 bits per heavy atom. The molecule has 0 atom stereocenters. The van der Waals surface area contributed by atoms with Gasteiger partial charge in [0.05, 0.1) is 21.8 Å². The Hall–Kier alpha value is -2.21. The summed E-state index contributed by atoms with van der Waals surface area (Å²) in [5.74, 6) is -0.541. The van der Waals surface area contributed by atoms with Gasteiger partial charge in [-0.2, -0.15) is 0 Å². The lowest BCUT2D eigenvalue weighted by Gasteiger charge is -2.00. The molecule has 132 valence electrons. The highest BCUT2D eigenvalue weighted by Crippen LogP contribution is 2.29. The number of aromatic nitrogens is 1. The van der Waals surface area contributed by atoms with Gasteiger partial charge in [0.1, 0.15) is 5.01 Å². The summed E-state index contributed by atoms with van der Waals surface area (Å²) in [5, 5.41) is 6.04. The van der Waals surface area contributed by atoms with Gasteiger partial charge in [-0.25, -0.2) is 9.78 Å². The average Bonchev–Trinajstić information content (AvgIpc) is 3.02. The number of hydrogen-bond donors (Lipinski definition) is 0. The third-order valence-corrected chi connectivity index (χ3v) is 5.38. The predicted molar refractivity (Wildman–Crippen MR) is 106 cm³/mol. The second-order valence-electron chi connectivity index (χ2n) is 5.50. The number of aryl methyl sites for hydroxylation is 1. The van der Waals surface area contributed by atoms with Crippen LogP contribution < -0.4 is 0 Å². The number of hydrogen-bond acceptors (Lipinski definition) is 5. The number of rotatable bonds is 4. The molecule has 2 aromatic carbocycles. The van der Waals surface area contributed by atoms with Gasteiger partial charge in [-0.3, -0.25) is 0 Å². The normalized spacial score (nSPS) is 11.5. The molecule has 4 nitrogen and oxygen atoms in total. The molecule has 0 aliphatic heterocycles. The Balaban J connectivity index is 1.77. The van der Waals surface area contributed by atoms with Crippen LogP contribution in [0.15, 0.2) is 53.7 Å². The molecule has 1 heterocycles. The van der Waals surface area contributed by atoms with Crippen molar-refractivity contribution in [3.8, 4) is 10.6 Å². The Morgan fingerprint density at radius 1 is 1.04 bits per heavy atom. The molecule has 0 fully saturated rings. The molecule has 26 heavy (non-hydrogen) atoms. The molecule has 0 unspecified atom stereocenters. The second kappa shape index (κ2) is 7.99. The van der Waals surface area contributed by atoms with Crippen molar-refractivity contribution in [2.75, 3.05) is 0 Å². The summed E-state index contributed by atoms with van der Waals surface area (Å²) >= 11 is 13.2. The molecule has 0 saturated carbocycles. The SMILES string of the molecule is C/C(=N\OC(=O)c1ccc(Cl)cc1)c1sc(-c2ccc(Cl)cc2)nc1C. The van der Waals surface area contributed by atoms with Crippen LogP contribution in [-0.4, -0.2) is 16.7 Å². The van der Waals surface area contributed by atoms with Crippen LogP contribution in [0.3, 0.4) is 0 Å². The van der Waals surface area contributed by atoms with Crippen molar-refractivity contribution in [2.24, 2.45) is 5.16 Å². The maximum Gasteiger partial charge on any atom is 0.365 e. The zero-order chi connectivity index (χ0) is 18.7. The molecule has 1 aromatic heterocycles. The van der Waals surface area contributed by atoms with Gasteiger partial charge < -0.3 is 4.84 Å². The first-order valence-electron chi connectivity index (χ1n) is 7.69. The van der Waals surface area contributed by atoms with Crippen molar-refractivity contribution >= 4 is 46.2 Å². The van der Waals surface area contributed by atoms with E-state index in [1.807, 2.05) is 31.2 Å². The summed E-state index contributed by atoms with van der Waals surface area (Å²) in [6.45, 7) is 3.67. The first kappa shape index (κ1) is 18.6. The fraction of sp³-hybridized carbons (Fsp3) is 0.105. The average molecular weight is 405 g/mol. The van der Waals surface area contributed by atoms with Crippen LogP contribution in [0.25, 0.3) is 10.6 Å². The molecule has 0 N–H and O–H groups in total. The predicted octanol–water partition coefficient (Wildman–Crippen LogP) is 6.01. The fourth-order valence-corrected chi connectivity index (χ4v) is 3.50. The van der Waals surface area contributed by atoms with Crippen LogP contribution in [-0.2, 0) is 4.84 Å². The molecule has 0 amide bonds. The largest absolute Gasteiger partial charge is 0.365 e. The van der Waals surface area contributed by atoms with Crippen LogP contribution in [0.2, 0.25) is 10.0 Å². The third-order valence-electron chi connectivity index (χ3n) is 3.56. The first-order chi connectivity index (χ1) is 12.4. The number of benzene rings is 2. The molecule has 0 radical (unpaired) electrons. The van der Waals surface area contributed by atoms with Crippen molar-refractivity contribution in [3.63, 3.8) is 0 Å². The van der Waals surface area contributed by atoms with Gasteiger partial charge in [-0.1, -0.05) is 40.5 Å². The van der Waals surface area contributed by atoms with E-state index in [2.05, 4.69) is 10.1 Å². The lowest BCUT2D eigenvalue weighted by Crippen LogP contribution is -2.03. The third kappa shape index (κ3) is 4.30. The van der Waals surface area contributed by atoms with Gasteiger partial charge in [0, 0.05) is 15.6 Å². The van der Waals surface area contributed by atoms with Crippen LogP contribution in [0.4, 0.5) is 0 Å². The minimum absolute atomic E-state index is 0.383. The van der Waals surface area contributed by atoms with E-state index >= 15 is 0 Å². The summed E-state index contributed by atoms with van der Waals surface area (Å²) in [6, 6.07) is 13.9. The minimum Gasteiger partial charge on any atom is -0.313 e. The van der Waals surface area contributed by atoms with E-state index in [1.165, 1.54) is 11.3 Å². The zero-order valence-corrected chi connectivity index (χ0v) is 16.3. The Morgan fingerprint density at radius 3 is 2.23 bits per heavy atom. The molecule has 0 spiro atoms. The molecule has 0 aliphatic rings. The van der Waals surface area contributed by atoms with Crippen LogP contribution in [0, 0.1) is 6.92 Å². The highest BCUT2D eigenvalue weighted by atomic mass is 35.5. The number of carbonyl (C=O) groups excluding carboxylic acids is 1. The number of nitrogens with zero attached hydrogens (tertiary/aromatic N) is 2. The number of carbonyl (C=O) groups is 1. The standard InChI is InChI=1S/C19H14Cl2N2O2S/c1-11-17(26-18(22-11)13-3-7-15(20)8-4-13)12(2)23-25-19(24)14-5-9-16(21)10-6-14/h3-10H,1-2H3/b23-12+. The van der Waals surface area contributed by atoms with Crippen LogP contribution >= 0.6 is 34.5 Å². The van der Waals surface area contributed by atoms with Gasteiger partial charge in [0.15, 0.2) is 0 Å². The van der Waals surface area contributed by atoms with E-state index in [1.54, 1.807) is 31.2 Å². The van der Waals surface area contributed by atoms with Gasteiger partial charge in [0.2, 0.25) is 0 Å². The zero-order valence-electron chi connectivity index (χ0n) is 14.0. The molecule has 0 bridgehead atoms. The smallest absolute Gasteiger partial charge is 0.313 e. The second-order valence-corrected chi connectivity index (χ2v) is 7.37. The first-order valence-corrected chi connectivity index (χ1v) is 9.26. The molecular formula is C19H14Cl2N2O2S. The Kier molecular flexibility index (Phi) is 5.71. The Bertz CT molecular complexity index is 964. The molecule has 3 rings (SSSR count). The quantitative estimate of drug-likeness (QED) is 0.304. The van der Waals surface area contributed by atoms with Crippen molar-refractivity contribution in [3.05, 3.63) is 74.7 Å². The van der Waals surface area contributed by atoms with Crippen LogP contribution in [0.1, 0.15) is 27.9 Å². The fourth-order valence-electron chi connectivity index (χ4n) is 2.24. The van der Waals surface area contributed by atoms with Gasteiger partial charge in [-0.05, 0) is 50.2 Å². The van der Waals surface area contributed by atoms with Crippen molar-refractivity contribution in [2.45, 2.75) is 13.8 Å². The number of halogens is 2. The van der Waals surface area contributed by atoms with Crippen LogP contribution in [0.5, 0.6) is 0 Å².